The largest absolute Gasteiger partial charge is 0.385 e. The smallest absolute Gasteiger partial charge is 0.273 e. The number of carbonyl (C=O) groups excluding carboxylic acids is 1. The fourth-order valence-corrected chi connectivity index (χ4v) is 2.32. The predicted octanol–water partition coefficient (Wildman–Crippen LogP) is 0.717. The monoisotopic (exact) mass is 294 g/mol. The van der Waals surface area contributed by atoms with Crippen molar-refractivity contribution >= 4 is 23.0 Å². The van der Waals surface area contributed by atoms with Gasteiger partial charge in [0.1, 0.15) is 6.04 Å². The molecule has 1 aliphatic rings. The Bertz CT molecular complexity index is 549. The fourth-order valence-electron chi connectivity index (χ4n) is 2.32. The standard InChI is InChI=1S/C13H18N4O4/c1-2-15-9-5-10(7-11(6-9)17(19)20)16-3-4-21-8-12(16)13(14)18/h5-7,12,15H,2-4,8H2,1H3,(H2,14,18). The molecule has 0 spiro atoms. The van der Waals surface area contributed by atoms with Gasteiger partial charge in [-0.05, 0) is 13.0 Å². The van der Waals surface area contributed by atoms with Gasteiger partial charge in [-0.1, -0.05) is 0 Å². The molecule has 21 heavy (non-hydrogen) atoms. The molecule has 1 aromatic carbocycles. The highest BCUT2D eigenvalue weighted by molar-refractivity contribution is 5.84. The van der Waals surface area contributed by atoms with E-state index in [1.54, 1.807) is 11.0 Å². The highest BCUT2D eigenvalue weighted by Gasteiger charge is 2.29. The van der Waals surface area contributed by atoms with Crippen LogP contribution < -0.4 is 16.0 Å². The molecule has 8 heteroatoms. The third-order valence-corrected chi connectivity index (χ3v) is 3.28. The fraction of sp³-hybridized carbons (Fsp3) is 0.462. The van der Waals surface area contributed by atoms with Crippen LogP contribution in [0.4, 0.5) is 17.1 Å². The van der Waals surface area contributed by atoms with Gasteiger partial charge < -0.3 is 20.7 Å². The normalized spacial score (nSPS) is 18.3. The summed E-state index contributed by atoms with van der Waals surface area (Å²) in [6.45, 7) is 3.64. The number of anilines is 2. The average molecular weight is 294 g/mol. The first kappa shape index (κ1) is 15.0. The van der Waals surface area contributed by atoms with Crippen molar-refractivity contribution in [3.63, 3.8) is 0 Å². The lowest BCUT2D eigenvalue weighted by molar-refractivity contribution is -0.384. The summed E-state index contributed by atoms with van der Waals surface area (Å²) in [7, 11) is 0. The van der Waals surface area contributed by atoms with Crippen LogP contribution in [-0.2, 0) is 9.53 Å². The van der Waals surface area contributed by atoms with E-state index in [1.807, 2.05) is 6.92 Å². The Morgan fingerprint density at radius 2 is 2.33 bits per heavy atom. The molecule has 2 rings (SSSR count). The first-order chi connectivity index (χ1) is 10.0. The number of nitro benzene ring substituents is 1. The summed E-state index contributed by atoms with van der Waals surface area (Å²) in [4.78, 5) is 23.9. The Morgan fingerprint density at radius 3 is 2.95 bits per heavy atom. The summed E-state index contributed by atoms with van der Waals surface area (Å²) in [6.07, 6.45) is 0. The third-order valence-electron chi connectivity index (χ3n) is 3.28. The van der Waals surface area contributed by atoms with Gasteiger partial charge in [0.25, 0.3) is 5.69 Å². The number of primary amides is 1. The van der Waals surface area contributed by atoms with Gasteiger partial charge in [0.2, 0.25) is 5.91 Å². The topological polar surface area (TPSA) is 111 Å². The van der Waals surface area contributed by atoms with Crippen molar-refractivity contribution in [2.45, 2.75) is 13.0 Å². The Kier molecular flexibility index (Phi) is 4.59. The summed E-state index contributed by atoms with van der Waals surface area (Å²) >= 11 is 0. The molecular weight excluding hydrogens is 276 g/mol. The number of rotatable bonds is 5. The zero-order valence-corrected chi connectivity index (χ0v) is 11.7. The molecule has 3 N–H and O–H groups in total. The van der Waals surface area contributed by atoms with Crippen molar-refractivity contribution in [1.82, 2.24) is 0 Å². The molecule has 1 saturated heterocycles. The molecule has 0 saturated carbocycles. The summed E-state index contributed by atoms with van der Waals surface area (Å²) in [5, 5.41) is 14.1. The number of hydrogen-bond acceptors (Lipinski definition) is 6. The van der Waals surface area contributed by atoms with Crippen LogP contribution in [0.25, 0.3) is 0 Å². The van der Waals surface area contributed by atoms with Crippen molar-refractivity contribution in [3.05, 3.63) is 28.3 Å². The van der Waals surface area contributed by atoms with Gasteiger partial charge in [-0.2, -0.15) is 0 Å². The lowest BCUT2D eigenvalue weighted by Crippen LogP contribution is -2.52. The van der Waals surface area contributed by atoms with E-state index in [2.05, 4.69) is 5.32 Å². The number of benzene rings is 1. The molecule has 1 amide bonds. The summed E-state index contributed by atoms with van der Waals surface area (Å²) in [5.74, 6) is -0.508. The second-order valence-electron chi connectivity index (χ2n) is 4.71. The number of carbonyl (C=O) groups is 1. The molecular formula is C13H18N4O4. The maximum absolute atomic E-state index is 11.5. The van der Waals surface area contributed by atoms with Crippen LogP contribution in [0.5, 0.6) is 0 Å². The SMILES string of the molecule is CCNc1cc(N2CCOCC2C(N)=O)cc([N+](=O)[O-])c1. The maximum Gasteiger partial charge on any atom is 0.273 e. The molecule has 114 valence electrons. The van der Waals surface area contributed by atoms with Crippen molar-refractivity contribution in [1.29, 1.82) is 0 Å². The first-order valence-electron chi connectivity index (χ1n) is 6.70. The average Bonchev–Trinajstić information content (AvgIpc) is 2.47. The molecule has 0 aromatic heterocycles. The van der Waals surface area contributed by atoms with Crippen LogP contribution in [-0.4, -0.2) is 43.2 Å². The minimum atomic E-state index is -0.616. The van der Waals surface area contributed by atoms with E-state index in [0.717, 1.165) is 0 Å². The molecule has 0 bridgehead atoms. The molecule has 1 atom stereocenters. The zero-order valence-electron chi connectivity index (χ0n) is 11.7. The lowest BCUT2D eigenvalue weighted by Gasteiger charge is -2.35. The van der Waals surface area contributed by atoms with Gasteiger partial charge >= 0.3 is 0 Å². The molecule has 1 heterocycles. The van der Waals surface area contributed by atoms with Crippen molar-refractivity contribution in [2.24, 2.45) is 5.73 Å². The van der Waals surface area contributed by atoms with E-state index in [-0.39, 0.29) is 12.3 Å². The lowest BCUT2D eigenvalue weighted by atomic mass is 10.1. The Hall–Kier alpha value is -2.35. The van der Waals surface area contributed by atoms with Gasteiger partial charge in [-0.25, -0.2) is 0 Å². The van der Waals surface area contributed by atoms with Gasteiger partial charge in [0, 0.05) is 36.6 Å². The zero-order chi connectivity index (χ0) is 15.4. The van der Waals surface area contributed by atoms with E-state index in [4.69, 9.17) is 10.5 Å². The molecule has 1 fully saturated rings. The highest BCUT2D eigenvalue weighted by atomic mass is 16.6. The molecule has 0 radical (unpaired) electrons. The molecule has 1 aromatic rings. The van der Waals surface area contributed by atoms with E-state index in [0.29, 0.717) is 31.1 Å². The Labute approximate surface area is 122 Å². The van der Waals surface area contributed by atoms with E-state index < -0.39 is 16.9 Å². The number of amides is 1. The minimum absolute atomic E-state index is 0.0295. The number of nitrogens with one attached hydrogen (secondary N) is 1. The van der Waals surface area contributed by atoms with Crippen LogP contribution in [0.3, 0.4) is 0 Å². The van der Waals surface area contributed by atoms with Gasteiger partial charge in [0.15, 0.2) is 0 Å². The highest BCUT2D eigenvalue weighted by Crippen LogP contribution is 2.29. The van der Waals surface area contributed by atoms with Crippen molar-refractivity contribution in [3.8, 4) is 0 Å². The third kappa shape index (κ3) is 3.40. The number of nitrogens with zero attached hydrogens (tertiary/aromatic N) is 2. The molecule has 1 aliphatic heterocycles. The number of ether oxygens (including phenoxy) is 1. The molecule has 8 nitrogen and oxygen atoms in total. The predicted molar refractivity (Wildman–Crippen MR) is 78.4 cm³/mol. The Balaban J connectivity index is 2.40. The number of nitrogens with two attached hydrogens (primary N) is 1. The van der Waals surface area contributed by atoms with Crippen LogP contribution in [0.1, 0.15) is 6.92 Å². The Morgan fingerprint density at radius 1 is 1.57 bits per heavy atom. The first-order valence-corrected chi connectivity index (χ1v) is 6.70. The second kappa shape index (κ2) is 6.40. The van der Waals surface area contributed by atoms with Gasteiger partial charge in [-0.3, -0.25) is 14.9 Å². The number of morpholine rings is 1. The minimum Gasteiger partial charge on any atom is -0.385 e. The van der Waals surface area contributed by atoms with E-state index >= 15 is 0 Å². The maximum atomic E-state index is 11.5. The van der Waals surface area contributed by atoms with Crippen LogP contribution >= 0.6 is 0 Å². The summed E-state index contributed by atoms with van der Waals surface area (Å²) in [5.41, 5.74) is 6.58. The second-order valence-corrected chi connectivity index (χ2v) is 4.71. The van der Waals surface area contributed by atoms with Gasteiger partial charge in [-0.15, -0.1) is 0 Å². The van der Waals surface area contributed by atoms with Crippen LogP contribution in [0.2, 0.25) is 0 Å². The van der Waals surface area contributed by atoms with E-state index in [9.17, 15) is 14.9 Å². The van der Waals surface area contributed by atoms with Crippen LogP contribution in [0.15, 0.2) is 18.2 Å². The summed E-state index contributed by atoms with van der Waals surface area (Å²) in [6, 6.07) is 4.07. The van der Waals surface area contributed by atoms with Crippen molar-refractivity contribution in [2.75, 3.05) is 36.5 Å². The van der Waals surface area contributed by atoms with E-state index in [1.165, 1.54) is 12.1 Å². The number of non-ortho nitro benzene ring substituents is 1. The number of nitro groups is 1. The quantitative estimate of drug-likeness (QED) is 0.611. The number of hydrogen-bond donors (Lipinski definition) is 2. The van der Waals surface area contributed by atoms with Crippen molar-refractivity contribution < 1.29 is 14.5 Å². The van der Waals surface area contributed by atoms with Gasteiger partial charge in [0.05, 0.1) is 18.1 Å². The van der Waals surface area contributed by atoms with Crippen LogP contribution in [0, 0.1) is 10.1 Å². The molecule has 1 unspecified atom stereocenters. The summed E-state index contributed by atoms with van der Waals surface area (Å²) < 4.78 is 5.26. The molecule has 0 aliphatic carbocycles.